The number of nitrogens with zero attached hydrogens (tertiary/aromatic N) is 4. The normalized spacial score (nSPS) is 15.2. The van der Waals surface area contributed by atoms with Crippen molar-refractivity contribution in [3.8, 4) is 0 Å². The van der Waals surface area contributed by atoms with Gasteiger partial charge in [0.2, 0.25) is 0 Å². The predicted octanol–water partition coefficient (Wildman–Crippen LogP) is 6.80. The van der Waals surface area contributed by atoms with E-state index in [1.54, 1.807) is 6.20 Å². The zero-order chi connectivity index (χ0) is 26.9. The van der Waals surface area contributed by atoms with E-state index < -0.39 is 0 Å². The third-order valence-corrected chi connectivity index (χ3v) is 6.96. The molecule has 3 N–H and O–H groups in total. The molecule has 0 saturated heterocycles. The summed E-state index contributed by atoms with van der Waals surface area (Å²) in [5.41, 5.74) is 12.2. The highest BCUT2D eigenvalue weighted by Crippen LogP contribution is 2.37. The summed E-state index contributed by atoms with van der Waals surface area (Å²) >= 11 is 0. The number of rotatable bonds is 12. The van der Waals surface area contributed by atoms with Gasteiger partial charge in [-0.2, -0.15) is 0 Å². The fourth-order valence-electron chi connectivity index (χ4n) is 4.76. The molecule has 1 atom stereocenters. The van der Waals surface area contributed by atoms with Gasteiger partial charge in [-0.3, -0.25) is 4.98 Å². The Hall–Kier alpha value is -4.39. The first kappa shape index (κ1) is 26.2. The summed E-state index contributed by atoms with van der Waals surface area (Å²) in [5.74, 6) is 1.34. The first-order valence-corrected chi connectivity index (χ1v) is 13.7. The van der Waals surface area contributed by atoms with E-state index in [4.69, 9.17) is 10.5 Å². The summed E-state index contributed by atoms with van der Waals surface area (Å²) in [4.78, 5) is 12.8. The van der Waals surface area contributed by atoms with Gasteiger partial charge >= 0.3 is 0 Å². The van der Waals surface area contributed by atoms with Gasteiger partial charge in [-0.1, -0.05) is 31.0 Å². The Morgan fingerprint density at radius 2 is 1.92 bits per heavy atom. The number of aryl methyl sites for hydroxylation is 2. The van der Waals surface area contributed by atoms with Crippen LogP contribution >= 0.6 is 0 Å². The number of hydrogen-bond donors (Lipinski definition) is 2. The maximum atomic E-state index is 6.35. The largest absolute Gasteiger partial charge is 0.485 e. The first-order chi connectivity index (χ1) is 19.2. The van der Waals surface area contributed by atoms with Crippen molar-refractivity contribution in [1.29, 1.82) is 0 Å². The Balaban J connectivity index is 1.08. The maximum Gasteiger partial charge on any atom is 0.150 e. The van der Waals surface area contributed by atoms with Gasteiger partial charge in [0.15, 0.2) is 0 Å². The van der Waals surface area contributed by atoms with Crippen LogP contribution in [0.15, 0.2) is 96.6 Å². The number of pyridine rings is 1. The SMILES string of the molecule is Cc1cc(C2=CCC(c3ccc(N=C(N)c4ccccn4)cc3)O2)ccc1NCCCCCCn1ccnc1. The molecule has 1 unspecified atom stereocenters. The van der Waals surface area contributed by atoms with Crippen molar-refractivity contribution < 1.29 is 4.74 Å². The molecule has 2 aromatic carbocycles. The van der Waals surface area contributed by atoms with Crippen LogP contribution in [0.4, 0.5) is 11.4 Å². The van der Waals surface area contributed by atoms with Crippen molar-refractivity contribution in [1.82, 2.24) is 14.5 Å². The van der Waals surface area contributed by atoms with E-state index in [0.29, 0.717) is 11.5 Å². The maximum absolute atomic E-state index is 6.35. The molecular weight excluding hydrogens is 484 g/mol. The summed E-state index contributed by atoms with van der Waals surface area (Å²) in [6, 6.07) is 20.2. The number of unbranched alkanes of at least 4 members (excludes halogenated alkanes) is 3. The van der Waals surface area contributed by atoms with Crippen LogP contribution in [0.1, 0.15) is 60.6 Å². The summed E-state index contributed by atoms with van der Waals surface area (Å²) in [7, 11) is 0. The Kier molecular flexibility index (Phi) is 8.68. The Labute approximate surface area is 230 Å². The molecule has 5 rings (SSSR count). The van der Waals surface area contributed by atoms with Crippen molar-refractivity contribution >= 4 is 23.0 Å². The molecular formula is C32H36N6O. The van der Waals surface area contributed by atoms with Crippen molar-refractivity contribution in [2.75, 3.05) is 11.9 Å². The molecule has 1 aliphatic heterocycles. The highest BCUT2D eigenvalue weighted by Gasteiger charge is 2.21. The molecule has 0 bridgehead atoms. The zero-order valence-electron chi connectivity index (χ0n) is 22.5. The van der Waals surface area contributed by atoms with Gasteiger partial charge < -0.3 is 20.4 Å². The van der Waals surface area contributed by atoms with Crippen LogP contribution in [0.25, 0.3) is 5.76 Å². The summed E-state index contributed by atoms with van der Waals surface area (Å²) < 4.78 is 8.49. The van der Waals surface area contributed by atoms with Crippen LogP contribution in [0.5, 0.6) is 0 Å². The molecule has 0 spiro atoms. The van der Waals surface area contributed by atoms with Crippen LogP contribution < -0.4 is 11.1 Å². The standard InChI is InChI=1S/C32H36N6O/c1-24-22-26(11-14-28(24)35-17-5-2-3-7-20-38-21-19-34-23-38)31-16-15-30(39-31)25-9-12-27(13-10-25)37-32(33)29-8-4-6-18-36-29/h4,6,8-14,16,18-19,21-23,30,35H,2-3,5,7,15,17,20H2,1H3,(H2,33,37). The van der Waals surface area contributed by atoms with Crippen molar-refractivity contribution in [3.63, 3.8) is 0 Å². The fourth-order valence-corrected chi connectivity index (χ4v) is 4.76. The topological polar surface area (TPSA) is 90.4 Å². The minimum absolute atomic E-state index is 0.00181. The van der Waals surface area contributed by atoms with Gasteiger partial charge in [0, 0.05) is 49.4 Å². The number of nitrogens with two attached hydrogens (primary N) is 1. The molecule has 7 heteroatoms. The van der Waals surface area contributed by atoms with Crippen molar-refractivity contribution in [3.05, 3.63) is 114 Å². The molecule has 7 nitrogen and oxygen atoms in total. The fraction of sp³-hybridized carbons (Fsp3) is 0.281. The van der Waals surface area contributed by atoms with Gasteiger partial charge in [0.25, 0.3) is 0 Å². The lowest BCUT2D eigenvalue weighted by atomic mass is 10.1. The molecule has 0 fully saturated rings. The van der Waals surface area contributed by atoms with Gasteiger partial charge in [-0.05, 0) is 79.4 Å². The second-order valence-electron chi connectivity index (χ2n) is 9.89. The number of ether oxygens (including phenoxy) is 1. The third kappa shape index (κ3) is 7.13. The molecule has 39 heavy (non-hydrogen) atoms. The Morgan fingerprint density at radius 3 is 2.69 bits per heavy atom. The second-order valence-corrected chi connectivity index (χ2v) is 9.89. The highest BCUT2D eigenvalue weighted by molar-refractivity contribution is 5.97. The number of aliphatic imine (C=N–C) groups is 1. The van der Waals surface area contributed by atoms with Crippen molar-refractivity contribution in [2.24, 2.45) is 10.7 Å². The smallest absolute Gasteiger partial charge is 0.150 e. The number of imidazole rings is 1. The molecule has 0 aliphatic carbocycles. The van der Waals surface area contributed by atoms with E-state index >= 15 is 0 Å². The summed E-state index contributed by atoms with van der Waals surface area (Å²) in [5, 5.41) is 3.60. The van der Waals surface area contributed by atoms with Crippen LogP contribution in [-0.4, -0.2) is 26.9 Å². The molecule has 4 aromatic rings. The molecule has 200 valence electrons. The quantitative estimate of drug-likeness (QED) is 0.122. The number of hydrogen-bond acceptors (Lipinski definition) is 5. The average Bonchev–Trinajstić information content (AvgIpc) is 3.67. The lowest BCUT2D eigenvalue weighted by Crippen LogP contribution is -2.14. The lowest BCUT2D eigenvalue weighted by Gasteiger charge is -2.16. The van der Waals surface area contributed by atoms with E-state index in [1.807, 2.05) is 49.1 Å². The van der Waals surface area contributed by atoms with Gasteiger partial charge in [-0.15, -0.1) is 0 Å². The number of amidine groups is 1. The Bertz CT molecular complexity index is 1390. The van der Waals surface area contributed by atoms with Crippen LogP contribution in [0.3, 0.4) is 0 Å². The number of aromatic nitrogens is 3. The van der Waals surface area contributed by atoms with Gasteiger partial charge in [0.1, 0.15) is 23.4 Å². The van der Waals surface area contributed by atoms with E-state index in [0.717, 1.165) is 42.1 Å². The summed E-state index contributed by atoms with van der Waals surface area (Å²) in [6.45, 7) is 4.19. The predicted molar refractivity (Wildman–Crippen MR) is 158 cm³/mol. The van der Waals surface area contributed by atoms with Crippen LogP contribution in [-0.2, 0) is 11.3 Å². The number of benzene rings is 2. The van der Waals surface area contributed by atoms with Gasteiger partial charge in [0.05, 0.1) is 12.0 Å². The minimum atomic E-state index is -0.00181. The molecule has 0 saturated carbocycles. The number of nitrogens with one attached hydrogen (secondary N) is 1. The Morgan fingerprint density at radius 1 is 1.05 bits per heavy atom. The van der Waals surface area contributed by atoms with E-state index in [2.05, 4.69) is 68.2 Å². The van der Waals surface area contributed by atoms with E-state index in [1.165, 1.54) is 36.9 Å². The highest BCUT2D eigenvalue weighted by atomic mass is 16.5. The number of anilines is 1. The second kappa shape index (κ2) is 12.9. The molecule has 0 radical (unpaired) electrons. The van der Waals surface area contributed by atoms with Crippen molar-refractivity contribution in [2.45, 2.75) is 51.7 Å². The van der Waals surface area contributed by atoms with Crippen LogP contribution in [0, 0.1) is 6.92 Å². The average molecular weight is 521 g/mol. The minimum Gasteiger partial charge on any atom is -0.485 e. The first-order valence-electron chi connectivity index (χ1n) is 13.7. The summed E-state index contributed by atoms with van der Waals surface area (Å²) in [6.07, 6.45) is 15.3. The zero-order valence-corrected chi connectivity index (χ0v) is 22.5. The molecule has 1 aliphatic rings. The van der Waals surface area contributed by atoms with E-state index in [-0.39, 0.29) is 6.10 Å². The lowest BCUT2D eigenvalue weighted by molar-refractivity contribution is 0.194. The van der Waals surface area contributed by atoms with E-state index in [9.17, 15) is 0 Å². The monoisotopic (exact) mass is 520 g/mol. The molecule has 3 heterocycles. The van der Waals surface area contributed by atoms with Gasteiger partial charge in [-0.25, -0.2) is 9.98 Å². The molecule has 2 aromatic heterocycles. The third-order valence-electron chi connectivity index (χ3n) is 6.96. The molecule has 0 amide bonds. The van der Waals surface area contributed by atoms with Crippen LogP contribution in [0.2, 0.25) is 0 Å².